The maximum Gasteiger partial charge on any atom is 0.295 e. The van der Waals surface area contributed by atoms with Crippen LogP contribution in [-0.2, 0) is 9.59 Å². The van der Waals surface area contributed by atoms with Gasteiger partial charge in [-0.3, -0.25) is 14.6 Å². The zero-order valence-electron chi connectivity index (χ0n) is 16.1. The molecule has 6 nitrogen and oxygen atoms in total. The van der Waals surface area contributed by atoms with Crippen molar-refractivity contribution in [2.45, 2.75) is 12.5 Å². The molecule has 0 aliphatic carbocycles. The number of carbonyl (C=O) groups is 2. The van der Waals surface area contributed by atoms with E-state index in [1.54, 1.807) is 30.5 Å². The standard InChI is InChI=1S/C21H21Cl2N3O3/c1-25(2)10-5-11-26-18(16-6-3-4-9-24-16)17(20(28)21(26)29)19(27)13-7-8-14(22)15(23)12-13/h3-4,6-9,12,18,27H,5,10-11H2,1-2H3/b19-17-. The zero-order valence-corrected chi connectivity index (χ0v) is 17.6. The SMILES string of the molecule is CN(C)CCCN1C(=O)C(=O)/C(=C(\O)c2ccc(Cl)c(Cl)c2)C1c1ccccn1. The van der Waals surface area contributed by atoms with Gasteiger partial charge in [0.1, 0.15) is 11.8 Å². The second-order valence-corrected chi connectivity index (χ2v) is 7.85. The Labute approximate surface area is 179 Å². The van der Waals surface area contributed by atoms with Crippen LogP contribution in [0.25, 0.3) is 5.76 Å². The fraction of sp³-hybridized carbons (Fsp3) is 0.286. The van der Waals surface area contributed by atoms with Crippen LogP contribution in [0.15, 0.2) is 48.2 Å². The van der Waals surface area contributed by atoms with E-state index in [1.165, 1.54) is 17.0 Å². The van der Waals surface area contributed by atoms with Crippen molar-refractivity contribution in [1.82, 2.24) is 14.8 Å². The van der Waals surface area contributed by atoms with Crippen molar-refractivity contribution < 1.29 is 14.7 Å². The highest BCUT2D eigenvalue weighted by Crippen LogP contribution is 2.39. The van der Waals surface area contributed by atoms with Gasteiger partial charge in [-0.15, -0.1) is 0 Å². The first kappa shape index (κ1) is 21.3. The van der Waals surface area contributed by atoms with Crippen LogP contribution in [0.1, 0.15) is 23.7 Å². The number of aliphatic hydroxyl groups excluding tert-OH is 1. The van der Waals surface area contributed by atoms with Crippen LogP contribution in [0.2, 0.25) is 10.0 Å². The molecule has 0 radical (unpaired) electrons. The molecule has 2 aromatic rings. The molecule has 0 spiro atoms. The molecule has 0 bridgehead atoms. The predicted octanol–water partition coefficient (Wildman–Crippen LogP) is 3.76. The number of aliphatic hydroxyl groups is 1. The number of amides is 1. The number of hydrogen-bond donors (Lipinski definition) is 1. The summed E-state index contributed by atoms with van der Waals surface area (Å²) >= 11 is 12.0. The summed E-state index contributed by atoms with van der Waals surface area (Å²) in [6, 6.07) is 9.04. The second kappa shape index (κ2) is 8.95. The fourth-order valence-electron chi connectivity index (χ4n) is 3.31. The third-order valence-electron chi connectivity index (χ3n) is 4.71. The summed E-state index contributed by atoms with van der Waals surface area (Å²) in [4.78, 5) is 33.4. The lowest BCUT2D eigenvalue weighted by molar-refractivity contribution is -0.140. The van der Waals surface area contributed by atoms with Gasteiger partial charge in [-0.25, -0.2) is 0 Å². The number of Topliss-reactive ketones (excluding diaryl/α,β-unsaturated/α-hetero) is 1. The van der Waals surface area contributed by atoms with E-state index in [0.717, 1.165) is 6.54 Å². The van der Waals surface area contributed by atoms with E-state index in [2.05, 4.69) is 4.98 Å². The normalized spacial score (nSPS) is 18.7. The van der Waals surface area contributed by atoms with Gasteiger partial charge in [0, 0.05) is 18.3 Å². The van der Waals surface area contributed by atoms with Crippen LogP contribution >= 0.6 is 23.2 Å². The molecule has 1 saturated heterocycles. The summed E-state index contributed by atoms with van der Waals surface area (Å²) in [5, 5.41) is 11.5. The fourth-order valence-corrected chi connectivity index (χ4v) is 3.61. The Morgan fingerprint density at radius 1 is 1.17 bits per heavy atom. The number of nitrogens with zero attached hydrogens (tertiary/aromatic N) is 3. The summed E-state index contributed by atoms with van der Waals surface area (Å²) in [5.74, 6) is -1.69. The summed E-state index contributed by atoms with van der Waals surface area (Å²) in [6.07, 6.45) is 2.27. The van der Waals surface area contributed by atoms with E-state index in [4.69, 9.17) is 23.2 Å². The van der Waals surface area contributed by atoms with Crippen molar-refractivity contribution in [3.05, 3.63) is 69.5 Å². The minimum Gasteiger partial charge on any atom is -0.507 e. The molecule has 1 fully saturated rings. The first-order valence-electron chi connectivity index (χ1n) is 9.10. The zero-order chi connectivity index (χ0) is 21.1. The largest absolute Gasteiger partial charge is 0.507 e. The molecule has 1 N–H and O–H groups in total. The second-order valence-electron chi connectivity index (χ2n) is 7.03. The molecule has 3 rings (SSSR count). The molecule has 1 aliphatic heterocycles. The van der Waals surface area contributed by atoms with Crippen LogP contribution in [0, 0.1) is 0 Å². The Morgan fingerprint density at radius 3 is 2.55 bits per heavy atom. The van der Waals surface area contributed by atoms with Gasteiger partial charge in [0.2, 0.25) is 0 Å². The molecular weight excluding hydrogens is 413 g/mol. The lowest BCUT2D eigenvalue weighted by Gasteiger charge is -2.25. The monoisotopic (exact) mass is 433 g/mol. The topological polar surface area (TPSA) is 73.7 Å². The van der Waals surface area contributed by atoms with E-state index in [9.17, 15) is 14.7 Å². The highest BCUT2D eigenvalue weighted by Gasteiger charge is 2.46. The maximum atomic E-state index is 12.9. The van der Waals surface area contributed by atoms with Crippen LogP contribution in [0.4, 0.5) is 0 Å². The molecule has 1 atom stereocenters. The van der Waals surface area contributed by atoms with E-state index >= 15 is 0 Å². The van der Waals surface area contributed by atoms with E-state index in [0.29, 0.717) is 29.2 Å². The number of benzene rings is 1. The number of likely N-dealkylation sites (tertiary alicyclic amines) is 1. The minimum atomic E-state index is -0.771. The van der Waals surface area contributed by atoms with Gasteiger partial charge in [0.15, 0.2) is 0 Å². The summed E-state index contributed by atoms with van der Waals surface area (Å²) in [7, 11) is 3.88. The Hall–Kier alpha value is -2.41. The molecule has 1 aliphatic rings. The average molecular weight is 434 g/mol. The Morgan fingerprint density at radius 2 is 1.93 bits per heavy atom. The van der Waals surface area contributed by atoms with Crippen molar-refractivity contribution in [3.8, 4) is 0 Å². The molecule has 1 amide bonds. The quantitative estimate of drug-likeness (QED) is 0.426. The molecule has 29 heavy (non-hydrogen) atoms. The summed E-state index contributed by atoms with van der Waals surface area (Å²) in [5.41, 5.74) is 0.821. The third-order valence-corrected chi connectivity index (χ3v) is 5.44. The van der Waals surface area contributed by atoms with Gasteiger partial charge in [-0.2, -0.15) is 0 Å². The smallest absolute Gasteiger partial charge is 0.295 e. The Bertz CT molecular complexity index is 961. The Kier molecular flexibility index (Phi) is 6.57. The summed E-state index contributed by atoms with van der Waals surface area (Å²) < 4.78 is 0. The first-order valence-corrected chi connectivity index (χ1v) is 9.86. The number of carbonyl (C=O) groups excluding carboxylic acids is 2. The maximum absolute atomic E-state index is 12.9. The van der Waals surface area contributed by atoms with Crippen LogP contribution in [-0.4, -0.2) is 58.8 Å². The average Bonchev–Trinajstić information content (AvgIpc) is 2.95. The third kappa shape index (κ3) is 4.45. The molecule has 1 aromatic heterocycles. The molecule has 152 valence electrons. The molecule has 0 saturated carbocycles. The van der Waals surface area contributed by atoms with Gasteiger partial charge in [0.25, 0.3) is 11.7 Å². The Balaban J connectivity index is 2.09. The van der Waals surface area contributed by atoms with Gasteiger partial charge < -0.3 is 14.9 Å². The van der Waals surface area contributed by atoms with Crippen molar-refractivity contribution >= 4 is 40.7 Å². The summed E-state index contributed by atoms with van der Waals surface area (Å²) in [6.45, 7) is 1.12. The molecule has 8 heteroatoms. The van der Waals surface area contributed by atoms with E-state index < -0.39 is 17.7 Å². The van der Waals surface area contributed by atoms with Gasteiger partial charge in [0.05, 0.1) is 21.3 Å². The number of rotatable bonds is 6. The van der Waals surface area contributed by atoms with Gasteiger partial charge in [-0.1, -0.05) is 29.3 Å². The van der Waals surface area contributed by atoms with Crippen molar-refractivity contribution in [3.63, 3.8) is 0 Å². The van der Waals surface area contributed by atoms with Crippen LogP contribution in [0.3, 0.4) is 0 Å². The van der Waals surface area contributed by atoms with Crippen molar-refractivity contribution in [2.24, 2.45) is 0 Å². The number of pyridine rings is 1. The van der Waals surface area contributed by atoms with E-state index in [1.807, 2.05) is 19.0 Å². The molecular formula is C21H21Cl2N3O3. The van der Waals surface area contributed by atoms with Crippen molar-refractivity contribution in [1.29, 1.82) is 0 Å². The highest BCUT2D eigenvalue weighted by molar-refractivity contribution is 6.46. The molecule has 2 heterocycles. The minimum absolute atomic E-state index is 0.00283. The van der Waals surface area contributed by atoms with Gasteiger partial charge in [-0.05, 0) is 57.4 Å². The number of halogens is 2. The molecule has 1 unspecified atom stereocenters. The van der Waals surface area contributed by atoms with Crippen LogP contribution in [0.5, 0.6) is 0 Å². The number of hydrogen-bond acceptors (Lipinski definition) is 5. The number of ketones is 1. The van der Waals surface area contributed by atoms with Gasteiger partial charge >= 0.3 is 0 Å². The number of aromatic nitrogens is 1. The van der Waals surface area contributed by atoms with Crippen LogP contribution < -0.4 is 0 Å². The first-order chi connectivity index (χ1) is 13.8. The lowest BCUT2D eigenvalue weighted by Crippen LogP contribution is -2.32. The lowest BCUT2D eigenvalue weighted by atomic mass is 9.98. The van der Waals surface area contributed by atoms with Crippen molar-refractivity contribution in [2.75, 3.05) is 27.2 Å². The predicted molar refractivity (Wildman–Crippen MR) is 113 cm³/mol. The molecule has 1 aromatic carbocycles. The van der Waals surface area contributed by atoms with E-state index in [-0.39, 0.29) is 16.4 Å². The highest BCUT2D eigenvalue weighted by atomic mass is 35.5.